The molecule has 0 spiro atoms. The molecule has 1 aliphatic rings. The molecule has 0 radical (unpaired) electrons. The topological polar surface area (TPSA) is 99.8 Å². The number of nitrogens with zero attached hydrogens (tertiary/aromatic N) is 4. The molecule has 0 aliphatic heterocycles. The van der Waals surface area contributed by atoms with Gasteiger partial charge >= 0.3 is 0 Å². The van der Waals surface area contributed by atoms with E-state index in [1.807, 2.05) is 0 Å². The molecular formula is C18H18FN5O2. The zero-order valence-electron chi connectivity index (χ0n) is 14.1. The molecule has 3 aromatic rings. The Balaban J connectivity index is 1.52. The zero-order valence-corrected chi connectivity index (χ0v) is 14.1. The van der Waals surface area contributed by atoms with E-state index in [0.29, 0.717) is 24.6 Å². The highest BCUT2D eigenvalue weighted by Gasteiger charge is 2.19. The van der Waals surface area contributed by atoms with Gasteiger partial charge in [0, 0.05) is 18.5 Å². The van der Waals surface area contributed by atoms with Crippen LogP contribution in [0.3, 0.4) is 0 Å². The first-order valence-electron chi connectivity index (χ1n) is 8.48. The lowest BCUT2D eigenvalue weighted by Crippen LogP contribution is -2.33. The van der Waals surface area contributed by atoms with Crippen LogP contribution in [0.1, 0.15) is 35.0 Å². The largest absolute Gasteiger partial charge is 0.337 e. The van der Waals surface area contributed by atoms with Gasteiger partial charge in [-0.25, -0.2) is 9.07 Å². The summed E-state index contributed by atoms with van der Waals surface area (Å²) in [5.74, 6) is 0.414. The number of rotatable bonds is 4. The summed E-state index contributed by atoms with van der Waals surface area (Å²) in [7, 11) is 0. The van der Waals surface area contributed by atoms with Crippen molar-refractivity contribution in [3.63, 3.8) is 0 Å². The Hall–Kier alpha value is -2.87. The molecule has 1 atom stereocenters. The quantitative estimate of drug-likeness (QED) is 0.755. The van der Waals surface area contributed by atoms with Crippen molar-refractivity contribution in [1.29, 1.82) is 0 Å². The molecule has 4 rings (SSSR count). The number of aromatic nitrogens is 4. The molecule has 2 aromatic heterocycles. The molecule has 2 heterocycles. The predicted octanol–water partition coefficient (Wildman–Crippen LogP) is 1.22. The van der Waals surface area contributed by atoms with Crippen molar-refractivity contribution < 1.29 is 8.91 Å². The van der Waals surface area contributed by atoms with Crippen LogP contribution in [-0.2, 0) is 25.8 Å². The maximum atomic E-state index is 13.3. The number of benzene rings is 1. The first kappa shape index (κ1) is 16.6. The summed E-state index contributed by atoms with van der Waals surface area (Å²) < 4.78 is 19.8. The van der Waals surface area contributed by atoms with Gasteiger partial charge in [-0.1, -0.05) is 17.3 Å². The molecule has 134 valence electrons. The van der Waals surface area contributed by atoms with Crippen LogP contribution in [0, 0.1) is 5.82 Å². The van der Waals surface area contributed by atoms with Crippen molar-refractivity contribution in [2.24, 2.45) is 5.73 Å². The summed E-state index contributed by atoms with van der Waals surface area (Å²) in [6.07, 6.45) is 2.64. The van der Waals surface area contributed by atoms with Gasteiger partial charge in [-0.2, -0.15) is 10.1 Å². The fraction of sp³-hybridized carbons (Fsp3) is 0.333. The van der Waals surface area contributed by atoms with Crippen LogP contribution in [0.25, 0.3) is 0 Å². The van der Waals surface area contributed by atoms with Crippen LogP contribution in [0.2, 0.25) is 0 Å². The maximum absolute atomic E-state index is 13.3. The van der Waals surface area contributed by atoms with E-state index in [2.05, 4.69) is 15.2 Å². The Morgan fingerprint density at radius 2 is 2.23 bits per heavy atom. The second-order valence-corrected chi connectivity index (χ2v) is 6.53. The van der Waals surface area contributed by atoms with Gasteiger partial charge in [0.05, 0.1) is 5.69 Å². The number of aryl methyl sites for hydroxylation is 1. The smallest absolute Gasteiger partial charge is 0.267 e. The van der Waals surface area contributed by atoms with Crippen molar-refractivity contribution in [1.82, 2.24) is 19.9 Å². The lowest BCUT2D eigenvalue weighted by molar-refractivity contribution is 0.357. The van der Waals surface area contributed by atoms with E-state index >= 15 is 0 Å². The second kappa shape index (κ2) is 6.80. The lowest BCUT2D eigenvalue weighted by Gasteiger charge is -2.20. The molecular weight excluding hydrogens is 337 g/mol. The number of hydrogen-bond acceptors (Lipinski definition) is 6. The maximum Gasteiger partial charge on any atom is 0.267 e. The molecule has 7 nitrogen and oxygen atoms in total. The molecule has 0 amide bonds. The summed E-state index contributed by atoms with van der Waals surface area (Å²) in [5.41, 5.74) is 8.28. The normalized spacial score (nSPS) is 16.5. The average molecular weight is 355 g/mol. The third-order valence-electron chi connectivity index (χ3n) is 4.44. The highest BCUT2D eigenvalue weighted by molar-refractivity contribution is 5.22. The SMILES string of the molecule is NC1CCc2nn(Cc3nc(Cc4cccc(F)c4)no3)c(=O)cc2C1. The molecule has 0 saturated carbocycles. The fourth-order valence-electron chi connectivity index (χ4n) is 3.16. The predicted molar refractivity (Wildman–Crippen MR) is 91.1 cm³/mol. The van der Waals surface area contributed by atoms with Gasteiger partial charge in [0.15, 0.2) is 5.82 Å². The van der Waals surface area contributed by atoms with Crippen molar-refractivity contribution in [3.05, 3.63) is 75.0 Å². The summed E-state index contributed by atoms with van der Waals surface area (Å²) in [4.78, 5) is 16.5. The third-order valence-corrected chi connectivity index (χ3v) is 4.44. The van der Waals surface area contributed by atoms with Gasteiger partial charge in [-0.3, -0.25) is 4.79 Å². The van der Waals surface area contributed by atoms with Crippen molar-refractivity contribution in [2.75, 3.05) is 0 Å². The van der Waals surface area contributed by atoms with Gasteiger partial charge in [-0.05, 0) is 42.5 Å². The van der Waals surface area contributed by atoms with E-state index in [-0.39, 0.29) is 24.0 Å². The Kier molecular flexibility index (Phi) is 4.34. The molecule has 0 fully saturated rings. The van der Waals surface area contributed by atoms with Crippen LogP contribution in [0.4, 0.5) is 4.39 Å². The van der Waals surface area contributed by atoms with Crippen molar-refractivity contribution >= 4 is 0 Å². The Bertz CT molecular complexity index is 997. The summed E-state index contributed by atoms with van der Waals surface area (Å²) >= 11 is 0. The van der Waals surface area contributed by atoms with Gasteiger partial charge in [0.25, 0.3) is 5.56 Å². The minimum Gasteiger partial charge on any atom is -0.337 e. The number of hydrogen-bond donors (Lipinski definition) is 1. The van der Waals surface area contributed by atoms with E-state index in [1.165, 1.54) is 16.8 Å². The van der Waals surface area contributed by atoms with Crippen LogP contribution in [0.15, 0.2) is 39.6 Å². The van der Waals surface area contributed by atoms with E-state index < -0.39 is 0 Å². The van der Waals surface area contributed by atoms with Gasteiger partial charge in [-0.15, -0.1) is 0 Å². The van der Waals surface area contributed by atoms with Crippen LogP contribution in [0.5, 0.6) is 0 Å². The third kappa shape index (κ3) is 3.55. The first-order chi connectivity index (χ1) is 12.6. The van der Waals surface area contributed by atoms with E-state index in [0.717, 1.165) is 29.7 Å². The Labute approximate surface area is 148 Å². The van der Waals surface area contributed by atoms with E-state index in [9.17, 15) is 9.18 Å². The molecule has 0 bridgehead atoms. The lowest BCUT2D eigenvalue weighted by atomic mass is 9.93. The van der Waals surface area contributed by atoms with E-state index in [1.54, 1.807) is 18.2 Å². The molecule has 1 aliphatic carbocycles. The molecule has 1 aromatic carbocycles. The molecule has 2 N–H and O–H groups in total. The average Bonchev–Trinajstić information content (AvgIpc) is 3.03. The summed E-state index contributed by atoms with van der Waals surface area (Å²) in [6, 6.07) is 7.90. The van der Waals surface area contributed by atoms with Crippen molar-refractivity contribution in [2.45, 2.75) is 38.3 Å². The first-order valence-corrected chi connectivity index (χ1v) is 8.48. The van der Waals surface area contributed by atoms with Crippen molar-refractivity contribution in [3.8, 4) is 0 Å². The molecule has 26 heavy (non-hydrogen) atoms. The number of halogens is 1. The minimum absolute atomic E-state index is 0.0841. The van der Waals surface area contributed by atoms with E-state index in [4.69, 9.17) is 10.3 Å². The highest BCUT2D eigenvalue weighted by Crippen LogP contribution is 2.16. The molecule has 1 unspecified atom stereocenters. The number of fused-ring (bicyclic) bond motifs is 1. The monoisotopic (exact) mass is 355 g/mol. The Morgan fingerprint density at radius 1 is 1.35 bits per heavy atom. The Morgan fingerprint density at radius 3 is 3.08 bits per heavy atom. The standard InChI is InChI=1S/C18H18FN5O2/c19-13-3-1-2-11(6-13)7-16-21-17(26-23-16)10-24-18(25)9-12-8-14(20)4-5-15(12)22-24/h1-3,6,9,14H,4-5,7-8,10,20H2. The number of nitrogens with two attached hydrogens (primary N) is 1. The zero-order chi connectivity index (χ0) is 18.1. The molecule has 0 saturated heterocycles. The van der Waals surface area contributed by atoms with Crippen LogP contribution in [-0.4, -0.2) is 26.0 Å². The van der Waals surface area contributed by atoms with Gasteiger partial charge < -0.3 is 10.3 Å². The van der Waals surface area contributed by atoms with Gasteiger partial charge in [0.1, 0.15) is 12.4 Å². The van der Waals surface area contributed by atoms with Gasteiger partial charge in [0.2, 0.25) is 5.89 Å². The summed E-state index contributed by atoms with van der Waals surface area (Å²) in [6.45, 7) is 0.105. The van der Waals surface area contributed by atoms with Crippen LogP contribution < -0.4 is 11.3 Å². The highest BCUT2D eigenvalue weighted by atomic mass is 19.1. The summed E-state index contributed by atoms with van der Waals surface area (Å²) in [5, 5.41) is 8.31. The van der Waals surface area contributed by atoms with Crippen LogP contribution >= 0.6 is 0 Å². The molecule has 8 heteroatoms. The second-order valence-electron chi connectivity index (χ2n) is 6.53. The fourth-order valence-corrected chi connectivity index (χ4v) is 3.16. The minimum atomic E-state index is -0.309.